The molecule has 0 aromatic carbocycles. The van der Waals surface area contributed by atoms with Crippen LogP contribution in [0.1, 0.15) is 24.2 Å². The van der Waals surface area contributed by atoms with Gasteiger partial charge in [0.25, 0.3) is 0 Å². The molecule has 0 bridgehead atoms. The van der Waals surface area contributed by atoms with Gasteiger partial charge in [0.1, 0.15) is 0 Å². The van der Waals surface area contributed by atoms with E-state index < -0.39 is 0 Å². The molecule has 1 aliphatic carbocycles. The molecule has 3 rings (SSSR count). The highest BCUT2D eigenvalue weighted by Crippen LogP contribution is 2.42. The lowest BCUT2D eigenvalue weighted by Crippen LogP contribution is -2.27. The lowest BCUT2D eigenvalue weighted by molar-refractivity contribution is 0.452. The van der Waals surface area contributed by atoms with Gasteiger partial charge in [0.05, 0.1) is 5.54 Å². The number of hydrogen-bond acceptors (Lipinski definition) is 4. The summed E-state index contributed by atoms with van der Waals surface area (Å²) >= 11 is 0. The molecule has 1 aliphatic rings. The van der Waals surface area contributed by atoms with E-state index in [2.05, 4.69) is 20.4 Å². The summed E-state index contributed by atoms with van der Waals surface area (Å²) in [6.45, 7) is 4.80. The van der Waals surface area contributed by atoms with E-state index in [1.165, 1.54) is 0 Å². The predicted molar refractivity (Wildman–Crippen MR) is 69.4 cm³/mol. The standard InChI is InChI=1S/C13H17N5/c1-10-8-11(2)17-12(16-10)14-9-13(4-5-13)18-7-3-6-15-18/h3,6-8H,4-5,9H2,1-2H3,(H,14,16,17). The smallest absolute Gasteiger partial charge is 0.223 e. The minimum atomic E-state index is 0.129. The number of rotatable bonds is 4. The van der Waals surface area contributed by atoms with Gasteiger partial charge in [-0.05, 0) is 38.8 Å². The number of anilines is 1. The molecule has 0 spiro atoms. The van der Waals surface area contributed by atoms with E-state index in [9.17, 15) is 0 Å². The molecule has 5 heteroatoms. The van der Waals surface area contributed by atoms with E-state index in [-0.39, 0.29) is 5.54 Å². The van der Waals surface area contributed by atoms with Crippen LogP contribution in [0.15, 0.2) is 24.5 Å². The number of aromatic nitrogens is 4. The Morgan fingerprint density at radius 3 is 2.56 bits per heavy atom. The SMILES string of the molecule is Cc1cc(C)nc(NCC2(n3cccn3)CC2)n1. The molecule has 0 aliphatic heterocycles. The van der Waals surface area contributed by atoms with Crippen LogP contribution in [-0.2, 0) is 5.54 Å². The summed E-state index contributed by atoms with van der Waals surface area (Å²) in [6.07, 6.45) is 6.17. The van der Waals surface area contributed by atoms with Crippen molar-refractivity contribution in [2.75, 3.05) is 11.9 Å². The third-order valence-corrected chi connectivity index (χ3v) is 3.38. The van der Waals surface area contributed by atoms with E-state index in [0.717, 1.165) is 30.8 Å². The molecule has 0 saturated heterocycles. The highest BCUT2D eigenvalue weighted by atomic mass is 15.3. The van der Waals surface area contributed by atoms with Crippen molar-refractivity contribution in [3.8, 4) is 0 Å². The van der Waals surface area contributed by atoms with Gasteiger partial charge >= 0.3 is 0 Å². The van der Waals surface area contributed by atoms with Crippen LogP contribution < -0.4 is 5.32 Å². The molecule has 0 radical (unpaired) electrons. The second kappa shape index (κ2) is 4.08. The van der Waals surface area contributed by atoms with Crippen molar-refractivity contribution >= 4 is 5.95 Å². The second-order valence-corrected chi connectivity index (χ2v) is 5.00. The first-order chi connectivity index (χ1) is 8.68. The summed E-state index contributed by atoms with van der Waals surface area (Å²) in [5.41, 5.74) is 2.12. The summed E-state index contributed by atoms with van der Waals surface area (Å²) in [6, 6.07) is 3.94. The minimum absolute atomic E-state index is 0.129. The van der Waals surface area contributed by atoms with E-state index in [4.69, 9.17) is 0 Å². The van der Waals surface area contributed by atoms with Gasteiger partial charge in [-0.15, -0.1) is 0 Å². The van der Waals surface area contributed by atoms with Crippen molar-refractivity contribution in [1.82, 2.24) is 19.7 Å². The van der Waals surface area contributed by atoms with E-state index in [1.54, 1.807) is 0 Å². The average molecular weight is 243 g/mol. The topological polar surface area (TPSA) is 55.6 Å². The molecule has 1 fully saturated rings. The second-order valence-electron chi connectivity index (χ2n) is 5.00. The summed E-state index contributed by atoms with van der Waals surface area (Å²) < 4.78 is 2.04. The van der Waals surface area contributed by atoms with Crippen molar-refractivity contribution in [3.05, 3.63) is 35.9 Å². The molecule has 94 valence electrons. The van der Waals surface area contributed by atoms with Crippen LogP contribution in [0.3, 0.4) is 0 Å². The van der Waals surface area contributed by atoms with Gasteiger partial charge in [-0.2, -0.15) is 5.10 Å². The molecule has 0 unspecified atom stereocenters. The first-order valence-electron chi connectivity index (χ1n) is 6.24. The maximum atomic E-state index is 4.39. The fourth-order valence-corrected chi connectivity index (χ4v) is 2.23. The van der Waals surface area contributed by atoms with Crippen LogP contribution in [0.25, 0.3) is 0 Å². The Hall–Kier alpha value is -1.91. The van der Waals surface area contributed by atoms with Crippen LogP contribution in [0.4, 0.5) is 5.95 Å². The minimum Gasteiger partial charge on any atom is -0.352 e. The van der Waals surface area contributed by atoms with Crippen LogP contribution >= 0.6 is 0 Å². The molecule has 2 heterocycles. The molecule has 2 aromatic heterocycles. The van der Waals surface area contributed by atoms with Gasteiger partial charge < -0.3 is 5.32 Å². The average Bonchev–Trinajstić information content (AvgIpc) is 2.90. The fraction of sp³-hybridized carbons (Fsp3) is 0.462. The van der Waals surface area contributed by atoms with Crippen molar-refractivity contribution in [3.63, 3.8) is 0 Å². The third kappa shape index (κ3) is 2.08. The van der Waals surface area contributed by atoms with Crippen molar-refractivity contribution in [2.45, 2.75) is 32.2 Å². The number of hydrogen-bond donors (Lipinski definition) is 1. The number of aryl methyl sites for hydroxylation is 2. The predicted octanol–water partition coefficient (Wildman–Crippen LogP) is 1.89. The Morgan fingerprint density at radius 1 is 1.28 bits per heavy atom. The maximum absolute atomic E-state index is 4.39. The molecule has 2 aromatic rings. The molecule has 0 atom stereocenters. The van der Waals surface area contributed by atoms with Gasteiger partial charge in [0.2, 0.25) is 5.95 Å². The first kappa shape index (κ1) is 11.2. The van der Waals surface area contributed by atoms with Gasteiger partial charge in [0, 0.05) is 30.3 Å². The molecular formula is C13H17N5. The van der Waals surface area contributed by atoms with Gasteiger partial charge in [-0.3, -0.25) is 4.68 Å². The highest BCUT2D eigenvalue weighted by molar-refractivity contribution is 5.29. The van der Waals surface area contributed by atoms with Crippen molar-refractivity contribution in [1.29, 1.82) is 0 Å². The molecule has 5 nitrogen and oxygen atoms in total. The van der Waals surface area contributed by atoms with E-state index >= 15 is 0 Å². The van der Waals surface area contributed by atoms with Crippen LogP contribution in [-0.4, -0.2) is 26.3 Å². The Balaban J connectivity index is 1.71. The van der Waals surface area contributed by atoms with Gasteiger partial charge in [-0.25, -0.2) is 9.97 Å². The van der Waals surface area contributed by atoms with Crippen LogP contribution in [0.2, 0.25) is 0 Å². The molecule has 18 heavy (non-hydrogen) atoms. The van der Waals surface area contributed by atoms with Gasteiger partial charge in [-0.1, -0.05) is 0 Å². The fourth-order valence-electron chi connectivity index (χ4n) is 2.23. The Bertz CT molecular complexity index is 522. The quantitative estimate of drug-likeness (QED) is 0.891. The monoisotopic (exact) mass is 243 g/mol. The van der Waals surface area contributed by atoms with Crippen molar-refractivity contribution < 1.29 is 0 Å². The van der Waals surface area contributed by atoms with Crippen molar-refractivity contribution in [2.24, 2.45) is 0 Å². The molecule has 1 saturated carbocycles. The highest BCUT2D eigenvalue weighted by Gasteiger charge is 2.45. The van der Waals surface area contributed by atoms with Gasteiger partial charge in [0.15, 0.2) is 0 Å². The van der Waals surface area contributed by atoms with Crippen LogP contribution in [0, 0.1) is 13.8 Å². The summed E-state index contributed by atoms with van der Waals surface area (Å²) in [4.78, 5) is 8.79. The lowest BCUT2D eigenvalue weighted by atomic mass is 10.3. The lowest BCUT2D eigenvalue weighted by Gasteiger charge is -2.17. The van der Waals surface area contributed by atoms with E-state index in [1.807, 2.05) is 43.1 Å². The first-order valence-corrected chi connectivity index (χ1v) is 6.24. The normalized spacial score (nSPS) is 16.6. The number of nitrogens with zero attached hydrogens (tertiary/aromatic N) is 4. The zero-order valence-electron chi connectivity index (χ0n) is 10.7. The van der Waals surface area contributed by atoms with E-state index in [0.29, 0.717) is 5.95 Å². The summed E-state index contributed by atoms with van der Waals surface area (Å²) in [5.74, 6) is 0.714. The Morgan fingerprint density at radius 2 is 2.00 bits per heavy atom. The summed E-state index contributed by atoms with van der Waals surface area (Å²) in [7, 11) is 0. The zero-order valence-corrected chi connectivity index (χ0v) is 10.7. The molecule has 1 N–H and O–H groups in total. The zero-order chi connectivity index (χ0) is 12.6. The Kier molecular flexibility index (Phi) is 2.54. The molecular weight excluding hydrogens is 226 g/mol. The largest absolute Gasteiger partial charge is 0.352 e. The summed E-state index contributed by atoms with van der Waals surface area (Å²) in [5, 5.41) is 7.67. The van der Waals surface area contributed by atoms with Crippen LogP contribution in [0.5, 0.6) is 0 Å². The Labute approximate surface area is 106 Å². The maximum Gasteiger partial charge on any atom is 0.223 e. The number of nitrogens with one attached hydrogen (secondary N) is 1. The molecule has 0 amide bonds. The third-order valence-electron chi connectivity index (χ3n) is 3.38.